The van der Waals surface area contributed by atoms with Crippen LogP contribution in [-0.4, -0.2) is 17.9 Å². The predicted octanol–water partition coefficient (Wildman–Crippen LogP) is 1.95. The lowest BCUT2D eigenvalue weighted by molar-refractivity contribution is -0.211. The van der Waals surface area contributed by atoms with E-state index in [1.165, 1.54) is 0 Å². The van der Waals surface area contributed by atoms with Gasteiger partial charge in [0, 0.05) is 17.4 Å². The van der Waals surface area contributed by atoms with E-state index in [9.17, 15) is 13.6 Å². The summed E-state index contributed by atoms with van der Waals surface area (Å²) >= 11 is 0. The fourth-order valence-corrected chi connectivity index (χ4v) is 4.20. The number of carbonyl (C=O) groups excluding carboxylic acids is 1. The average molecular weight is 215 g/mol. The average Bonchev–Trinajstić information content (AvgIpc) is 2.13. The molecule has 2 atom stereocenters. The molecule has 1 amide bonds. The van der Waals surface area contributed by atoms with Crippen LogP contribution >= 0.6 is 0 Å². The van der Waals surface area contributed by atoms with Crippen LogP contribution in [0.4, 0.5) is 8.78 Å². The van der Waals surface area contributed by atoms with Gasteiger partial charge in [-0.1, -0.05) is 0 Å². The van der Waals surface area contributed by atoms with Crippen LogP contribution in [0, 0.1) is 17.8 Å². The summed E-state index contributed by atoms with van der Waals surface area (Å²) in [4.78, 5) is 10.6. The van der Waals surface area contributed by atoms with E-state index in [1.807, 2.05) is 0 Å². The van der Waals surface area contributed by atoms with Crippen LogP contribution in [0.25, 0.3) is 0 Å². The van der Waals surface area contributed by atoms with Crippen LogP contribution in [0.1, 0.15) is 32.1 Å². The molecule has 4 aliphatic rings. The molecule has 2 nitrogen and oxygen atoms in total. The van der Waals surface area contributed by atoms with Crippen molar-refractivity contribution in [3.05, 3.63) is 0 Å². The second-order valence-electron chi connectivity index (χ2n) is 5.56. The number of carbonyl (C=O) groups is 1. The highest BCUT2D eigenvalue weighted by Crippen LogP contribution is 2.61. The summed E-state index contributed by atoms with van der Waals surface area (Å²) in [5, 5.41) is 2.81. The largest absolute Gasteiger partial charge is 0.353 e. The number of amides is 1. The SMILES string of the molecule is O=CNC12CC3CC(C1)C(F)(F)C(C3)C2. The molecule has 0 aromatic heterocycles. The van der Waals surface area contributed by atoms with Gasteiger partial charge in [0.05, 0.1) is 0 Å². The number of rotatable bonds is 2. The van der Waals surface area contributed by atoms with Gasteiger partial charge >= 0.3 is 0 Å². The number of hydrogen-bond acceptors (Lipinski definition) is 1. The maximum atomic E-state index is 13.8. The number of halogens is 2. The van der Waals surface area contributed by atoms with Crippen molar-refractivity contribution in [3.8, 4) is 0 Å². The molecule has 4 rings (SSSR count). The first-order valence-corrected chi connectivity index (χ1v) is 5.65. The Labute approximate surface area is 87.4 Å². The Hall–Kier alpha value is -0.670. The second kappa shape index (κ2) is 2.71. The third-order valence-electron chi connectivity index (χ3n) is 4.64. The van der Waals surface area contributed by atoms with Crippen molar-refractivity contribution in [3.63, 3.8) is 0 Å². The van der Waals surface area contributed by atoms with Crippen LogP contribution in [-0.2, 0) is 4.79 Å². The standard InChI is InChI=1S/C11H15F2NO/c12-11(13)8-1-7-2-9(11)5-10(3-7,4-8)14-6-15/h6-9H,1-5H2,(H,14,15). The summed E-state index contributed by atoms with van der Waals surface area (Å²) in [6.07, 6.45) is 3.87. The zero-order chi connectivity index (χ0) is 10.7. The molecule has 0 spiro atoms. The number of nitrogens with one attached hydrogen (secondary N) is 1. The molecule has 0 radical (unpaired) electrons. The Morgan fingerprint density at radius 2 is 1.73 bits per heavy atom. The van der Waals surface area contributed by atoms with Crippen LogP contribution < -0.4 is 5.32 Å². The van der Waals surface area contributed by atoms with Gasteiger partial charge in [-0.15, -0.1) is 0 Å². The van der Waals surface area contributed by atoms with E-state index in [4.69, 9.17) is 0 Å². The van der Waals surface area contributed by atoms with Crippen LogP contribution in [0.3, 0.4) is 0 Å². The van der Waals surface area contributed by atoms with E-state index in [0.717, 1.165) is 6.42 Å². The zero-order valence-corrected chi connectivity index (χ0v) is 8.51. The molecule has 84 valence electrons. The first kappa shape index (κ1) is 9.55. The van der Waals surface area contributed by atoms with Crippen molar-refractivity contribution >= 4 is 6.41 Å². The van der Waals surface area contributed by atoms with Crippen LogP contribution in [0.15, 0.2) is 0 Å². The quantitative estimate of drug-likeness (QED) is 0.701. The molecule has 15 heavy (non-hydrogen) atoms. The normalized spacial score (nSPS) is 50.4. The molecule has 0 saturated heterocycles. The molecule has 0 aliphatic heterocycles. The van der Waals surface area contributed by atoms with Crippen molar-refractivity contribution in [1.82, 2.24) is 5.32 Å². The molecule has 0 aromatic carbocycles. The van der Waals surface area contributed by atoms with Crippen LogP contribution in [0.2, 0.25) is 0 Å². The maximum Gasteiger partial charge on any atom is 0.253 e. The molecule has 1 N–H and O–H groups in total. The van der Waals surface area contributed by atoms with E-state index >= 15 is 0 Å². The highest BCUT2D eigenvalue weighted by atomic mass is 19.3. The smallest absolute Gasteiger partial charge is 0.253 e. The van der Waals surface area contributed by atoms with Crippen molar-refractivity contribution < 1.29 is 13.6 Å². The summed E-state index contributed by atoms with van der Waals surface area (Å²) in [5.41, 5.74) is -0.292. The first-order valence-electron chi connectivity index (χ1n) is 5.65. The molecule has 4 heteroatoms. The number of alkyl halides is 2. The number of hydrogen-bond donors (Lipinski definition) is 1. The highest BCUT2D eigenvalue weighted by molar-refractivity contribution is 5.48. The van der Waals surface area contributed by atoms with Crippen LogP contribution in [0.5, 0.6) is 0 Å². The summed E-state index contributed by atoms with van der Waals surface area (Å²) < 4.78 is 27.6. The molecule has 4 saturated carbocycles. The molecule has 0 aromatic rings. The molecule has 0 heterocycles. The molecular weight excluding hydrogens is 200 g/mol. The second-order valence-corrected chi connectivity index (χ2v) is 5.56. The lowest BCUT2D eigenvalue weighted by atomic mass is 9.51. The van der Waals surface area contributed by atoms with Crippen molar-refractivity contribution in [2.75, 3.05) is 0 Å². The van der Waals surface area contributed by atoms with Gasteiger partial charge in [-0.3, -0.25) is 4.79 Å². The highest BCUT2D eigenvalue weighted by Gasteiger charge is 2.63. The summed E-state index contributed by atoms with van der Waals surface area (Å²) in [6.45, 7) is 0. The molecule has 2 unspecified atom stereocenters. The Bertz CT molecular complexity index is 287. The maximum absolute atomic E-state index is 13.8. The Morgan fingerprint density at radius 3 is 2.27 bits per heavy atom. The lowest BCUT2D eigenvalue weighted by Gasteiger charge is -2.59. The molecular formula is C11H15F2NO. The van der Waals surface area contributed by atoms with Crippen molar-refractivity contribution in [2.24, 2.45) is 17.8 Å². The minimum Gasteiger partial charge on any atom is -0.353 e. The van der Waals surface area contributed by atoms with Gasteiger partial charge in [0.1, 0.15) is 0 Å². The fourth-order valence-electron chi connectivity index (χ4n) is 4.20. The molecule has 4 fully saturated rings. The van der Waals surface area contributed by atoms with E-state index in [1.54, 1.807) is 0 Å². The van der Waals surface area contributed by atoms with Gasteiger partial charge in [0.2, 0.25) is 6.41 Å². The topological polar surface area (TPSA) is 29.1 Å². The summed E-state index contributed by atoms with van der Waals surface area (Å²) in [7, 11) is 0. The van der Waals surface area contributed by atoms with Gasteiger partial charge in [-0.2, -0.15) is 0 Å². The van der Waals surface area contributed by atoms with Gasteiger partial charge in [-0.25, -0.2) is 8.78 Å². The third kappa shape index (κ3) is 1.16. The van der Waals surface area contributed by atoms with Gasteiger partial charge in [0.15, 0.2) is 0 Å². The van der Waals surface area contributed by atoms with Gasteiger partial charge < -0.3 is 5.32 Å². The Morgan fingerprint density at radius 1 is 1.13 bits per heavy atom. The Balaban J connectivity index is 1.92. The van der Waals surface area contributed by atoms with Crippen molar-refractivity contribution in [2.45, 2.75) is 43.6 Å². The van der Waals surface area contributed by atoms with E-state index in [0.29, 0.717) is 38.0 Å². The monoisotopic (exact) mass is 215 g/mol. The summed E-state index contributed by atoms with van der Waals surface area (Å²) in [5.74, 6) is -3.05. The predicted molar refractivity (Wildman–Crippen MR) is 50.4 cm³/mol. The fraction of sp³-hybridized carbons (Fsp3) is 0.909. The van der Waals surface area contributed by atoms with Gasteiger partial charge in [-0.05, 0) is 38.0 Å². The first-order chi connectivity index (χ1) is 7.06. The lowest BCUT2D eigenvalue weighted by Crippen LogP contribution is -2.64. The Kier molecular flexibility index (Phi) is 1.73. The van der Waals surface area contributed by atoms with E-state index in [-0.39, 0.29) is 5.54 Å². The van der Waals surface area contributed by atoms with Gasteiger partial charge in [0.25, 0.3) is 5.92 Å². The third-order valence-corrected chi connectivity index (χ3v) is 4.64. The van der Waals surface area contributed by atoms with E-state index in [2.05, 4.69) is 5.32 Å². The molecule has 4 aliphatic carbocycles. The van der Waals surface area contributed by atoms with E-state index < -0.39 is 17.8 Å². The minimum absolute atomic E-state index is 0.292. The zero-order valence-electron chi connectivity index (χ0n) is 8.51. The van der Waals surface area contributed by atoms with Crippen molar-refractivity contribution in [1.29, 1.82) is 0 Å². The minimum atomic E-state index is -2.48. The molecule has 4 bridgehead atoms. The summed E-state index contributed by atoms with van der Waals surface area (Å²) in [6, 6.07) is 0.